The van der Waals surface area contributed by atoms with Gasteiger partial charge in [0, 0.05) is 11.8 Å². The fourth-order valence-corrected chi connectivity index (χ4v) is 1.80. The average Bonchev–Trinajstić information content (AvgIpc) is 2.58. The van der Waals surface area contributed by atoms with Gasteiger partial charge in [-0.25, -0.2) is 4.68 Å². The first-order valence-corrected chi connectivity index (χ1v) is 5.51. The van der Waals surface area contributed by atoms with Crippen LogP contribution in [0, 0.1) is 20.8 Å². The number of aromatic nitrogens is 2. The Balaban J connectivity index is 2.57. The van der Waals surface area contributed by atoms with Crippen molar-refractivity contribution in [3.63, 3.8) is 0 Å². The van der Waals surface area contributed by atoms with Gasteiger partial charge in [0.05, 0.1) is 24.2 Å². The molecule has 0 bridgehead atoms. The largest absolute Gasteiger partial charge is 0.495 e. The first kappa shape index (κ1) is 11.5. The topological polar surface area (TPSA) is 53.1 Å². The van der Waals surface area contributed by atoms with E-state index in [1.165, 1.54) is 5.56 Å². The number of hydrogen-bond donors (Lipinski definition) is 1. The van der Waals surface area contributed by atoms with E-state index >= 15 is 0 Å². The lowest BCUT2D eigenvalue weighted by Gasteiger charge is -2.09. The summed E-state index contributed by atoms with van der Waals surface area (Å²) in [5.41, 5.74) is 10.8. The molecule has 1 heterocycles. The highest BCUT2D eigenvalue weighted by Crippen LogP contribution is 2.25. The molecule has 2 N–H and O–H groups in total. The van der Waals surface area contributed by atoms with Crippen LogP contribution < -0.4 is 10.5 Å². The van der Waals surface area contributed by atoms with E-state index in [1.807, 2.05) is 29.8 Å². The lowest BCUT2D eigenvalue weighted by Crippen LogP contribution is -2.01. The van der Waals surface area contributed by atoms with Gasteiger partial charge in [0.1, 0.15) is 5.75 Å². The SMILES string of the molecule is COc1cc(-n2nc(C)c(C)c2C)ccc1N. The zero-order valence-corrected chi connectivity index (χ0v) is 10.6. The van der Waals surface area contributed by atoms with E-state index in [1.54, 1.807) is 7.11 Å². The van der Waals surface area contributed by atoms with Crippen molar-refractivity contribution in [3.8, 4) is 11.4 Å². The van der Waals surface area contributed by atoms with E-state index in [2.05, 4.69) is 18.9 Å². The number of nitrogens with two attached hydrogens (primary N) is 1. The van der Waals surface area contributed by atoms with Crippen LogP contribution in [-0.2, 0) is 0 Å². The molecule has 4 heteroatoms. The van der Waals surface area contributed by atoms with E-state index in [0.717, 1.165) is 17.1 Å². The molecule has 0 radical (unpaired) electrons. The molecule has 0 unspecified atom stereocenters. The summed E-state index contributed by atoms with van der Waals surface area (Å²) in [5.74, 6) is 0.674. The Bertz CT molecular complexity index is 558. The van der Waals surface area contributed by atoms with Gasteiger partial charge >= 0.3 is 0 Å². The Labute approximate surface area is 101 Å². The molecule has 0 atom stereocenters. The van der Waals surface area contributed by atoms with Crippen molar-refractivity contribution >= 4 is 5.69 Å². The molecule has 1 aromatic carbocycles. The van der Waals surface area contributed by atoms with Gasteiger partial charge in [-0.15, -0.1) is 0 Å². The van der Waals surface area contributed by atoms with Crippen LogP contribution in [0.5, 0.6) is 5.75 Å². The number of nitrogen functional groups attached to an aromatic ring is 1. The Morgan fingerprint density at radius 3 is 2.47 bits per heavy atom. The number of benzene rings is 1. The predicted molar refractivity (Wildman–Crippen MR) is 68.7 cm³/mol. The van der Waals surface area contributed by atoms with Crippen LogP contribution in [-0.4, -0.2) is 16.9 Å². The van der Waals surface area contributed by atoms with E-state index in [9.17, 15) is 0 Å². The number of ether oxygens (including phenoxy) is 1. The second-order valence-electron chi connectivity index (χ2n) is 4.13. The lowest BCUT2D eigenvalue weighted by molar-refractivity contribution is 0.416. The molecule has 0 saturated heterocycles. The fraction of sp³-hybridized carbons (Fsp3) is 0.308. The number of methoxy groups -OCH3 is 1. The minimum Gasteiger partial charge on any atom is -0.495 e. The third-order valence-electron chi connectivity index (χ3n) is 3.11. The summed E-state index contributed by atoms with van der Waals surface area (Å²) in [6, 6.07) is 5.67. The van der Waals surface area contributed by atoms with Crippen LogP contribution in [0.4, 0.5) is 5.69 Å². The second-order valence-corrected chi connectivity index (χ2v) is 4.13. The lowest BCUT2D eigenvalue weighted by atomic mass is 10.2. The molecule has 2 aromatic rings. The predicted octanol–water partition coefficient (Wildman–Crippen LogP) is 2.39. The van der Waals surface area contributed by atoms with Crippen molar-refractivity contribution in [1.82, 2.24) is 9.78 Å². The van der Waals surface area contributed by atoms with Crippen molar-refractivity contribution in [2.45, 2.75) is 20.8 Å². The molecule has 0 spiro atoms. The first-order valence-electron chi connectivity index (χ1n) is 5.51. The smallest absolute Gasteiger partial charge is 0.143 e. The molecule has 90 valence electrons. The van der Waals surface area contributed by atoms with Gasteiger partial charge in [0.2, 0.25) is 0 Å². The van der Waals surface area contributed by atoms with Crippen LogP contribution in [0.2, 0.25) is 0 Å². The zero-order chi connectivity index (χ0) is 12.6. The van der Waals surface area contributed by atoms with Crippen LogP contribution in [0.15, 0.2) is 18.2 Å². The standard InChI is InChI=1S/C13H17N3O/c1-8-9(2)15-16(10(8)3)11-5-6-12(14)13(7-11)17-4/h5-7H,14H2,1-4H3. The minimum atomic E-state index is 0.634. The van der Waals surface area contributed by atoms with Crippen LogP contribution in [0.25, 0.3) is 5.69 Å². The third-order valence-corrected chi connectivity index (χ3v) is 3.11. The molecule has 1 aromatic heterocycles. The van der Waals surface area contributed by atoms with Crippen molar-refractivity contribution in [1.29, 1.82) is 0 Å². The van der Waals surface area contributed by atoms with Gasteiger partial charge in [0.25, 0.3) is 0 Å². The molecule has 0 aliphatic rings. The zero-order valence-electron chi connectivity index (χ0n) is 10.6. The summed E-state index contributed by atoms with van der Waals surface area (Å²) >= 11 is 0. The van der Waals surface area contributed by atoms with E-state index in [-0.39, 0.29) is 0 Å². The highest BCUT2D eigenvalue weighted by atomic mass is 16.5. The minimum absolute atomic E-state index is 0.634. The summed E-state index contributed by atoms with van der Waals surface area (Å²) < 4.78 is 7.13. The van der Waals surface area contributed by atoms with Gasteiger partial charge < -0.3 is 10.5 Å². The van der Waals surface area contributed by atoms with Gasteiger partial charge in [-0.05, 0) is 38.5 Å². The number of rotatable bonds is 2. The van der Waals surface area contributed by atoms with Crippen LogP contribution in [0.3, 0.4) is 0 Å². The summed E-state index contributed by atoms with van der Waals surface area (Å²) in [6.45, 7) is 6.13. The average molecular weight is 231 g/mol. The Morgan fingerprint density at radius 2 is 1.94 bits per heavy atom. The Morgan fingerprint density at radius 1 is 1.24 bits per heavy atom. The van der Waals surface area contributed by atoms with Crippen LogP contribution in [0.1, 0.15) is 17.0 Å². The first-order chi connectivity index (χ1) is 8.04. The maximum Gasteiger partial charge on any atom is 0.143 e. The van der Waals surface area contributed by atoms with Gasteiger partial charge in [0.15, 0.2) is 0 Å². The van der Waals surface area contributed by atoms with Gasteiger partial charge in [-0.3, -0.25) is 0 Å². The number of aryl methyl sites for hydroxylation is 1. The second kappa shape index (κ2) is 4.13. The highest BCUT2D eigenvalue weighted by Gasteiger charge is 2.10. The molecule has 17 heavy (non-hydrogen) atoms. The molecule has 4 nitrogen and oxygen atoms in total. The molecule has 0 saturated carbocycles. The molecule has 0 fully saturated rings. The maximum atomic E-state index is 5.80. The number of nitrogens with zero attached hydrogens (tertiary/aromatic N) is 2. The van der Waals surface area contributed by atoms with E-state index in [0.29, 0.717) is 11.4 Å². The molecular weight excluding hydrogens is 214 g/mol. The van der Waals surface area contributed by atoms with E-state index < -0.39 is 0 Å². The summed E-state index contributed by atoms with van der Waals surface area (Å²) in [5, 5.41) is 4.51. The Hall–Kier alpha value is -1.97. The van der Waals surface area contributed by atoms with Crippen molar-refractivity contribution in [2.75, 3.05) is 12.8 Å². The van der Waals surface area contributed by atoms with E-state index in [4.69, 9.17) is 10.5 Å². The van der Waals surface area contributed by atoms with Crippen molar-refractivity contribution < 1.29 is 4.74 Å². The van der Waals surface area contributed by atoms with Gasteiger partial charge in [-0.2, -0.15) is 5.10 Å². The quantitative estimate of drug-likeness (QED) is 0.807. The third kappa shape index (κ3) is 1.86. The molecule has 0 amide bonds. The van der Waals surface area contributed by atoms with Crippen LogP contribution >= 0.6 is 0 Å². The fourth-order valence-electron chi connectivity index (χ4n) is 1.80. The Kier molecular flexibility index (Phi) is 2.79. The molecule has 0 aliphatic carbocycles. The number of hydrogen-bond acceptors (Lipinski definition) is 3. The monoisotopic (exact) mass is 231 g/mol. The normalized spacial score (nSPS) is 10.6. The number of anilines is 1. The van der Waals surface area contributed by atoms with Crippen molar-refractivity contribution in [2.24, 2.45) is 0 Å². The molecular formula is C13H17N3O. The summed E-state index contributed by atoms with van der Waals surface area (Å²) in [4.78, 5) is 0. The maximum absolute atomic E-state index is 5.80. The summed E-state index contributed by atoms with van der Waals surface area (Å²) in [6.07, 6.45) is 0. The van der Waals surface area contributed by atoms with Crippen molar-refractivity contribution in [3.05, 3.63) is 35.2 Å². The summed E-state index contributed by atoms with van der Waals surface area (Å²) in [7, 11) is 1.61. The molecule has 0 aliphatic heterocycles. The molecule has 2 rings (SSSR count). The highest BCUT2D eigenvalue weighted by molar-refractivity contribution is 5.57. The van der Waals surface area contributed by atoms with Gasteiger partial charge in [-0.1, -0.05) is 0 Å².